The molecule has 1 aromatic carbocycles. The lowest BCUT2D eigenvalue weighted by atomic mass is 10.0. The molecule has 74 valence electrons. The fourth-order valence-electron chi connectivity index (χ4n) is 1.29. The third kappa shape index (κ3) is 3.19. The maximum Gasteiger partial charge on any atom is 0.0205 e. The van der Waals surface area contributed by atoms with E-state index in [0.717, 1.165) is 13.1 Å². The van der Waals surface area contributed by atoms with Crippen molar-refractivity contribution in [3.8, 4) is 0 Å². The Morgan fingerprint density at radius 1 is 1.23 bits per heavy atom. The molecular weight excluding hydrogens is 158 g/mol. The Bertz CT molecular complexity index is 241. The molecule has 0 amide bonds. The largest absolute Gasteiger partial charge is 0.313 e. The molecule has 0 spiro atoms. The lowest BCUT2D eigenvalue weighted by Gasteiger charge is -2.06. The molecule has 0 unspecified atom stereocenters. The smallest absolute Gasteiger partial charge is 0.0205 e. The van der Waals surface area contributed by atoms with Crippen molar-refractivity contribution in [3.05, 3.63) is 35.4 Å². The zero-order chi connectivity index (χ0) is 9.68. The first-order chi connectivity index (χ1) is 6.24. The monoisotopic (exact) mass is 179 g/mol. The van der Waals surface area contributed by atoms with E-state index in [0.29, 0.717) is 5.92 Å². The lowest BCUT2D eigenvalue weighted by Crippen LogP contribution is -2.11. The van der Waals surface area contributed by atoms with Crippen LogP contribution in [-0.2, 0) is 6.54 Å². The molecule has 0 aliphatic carbocycles. The van der Waals surface area contributed by atoms with Gasteiger partial charge in [-0.15, -0.1) is 0 Å². The molecule has 1 N–H and O–H groups in total. The minimum Gasteiger partial charge on any atom is -0.313 e. The number of hydrogen-bond acceptors (Lipinski definition) is 1. The van der Waals surface area contributed by atoms with E-state index in [9.17, 15) is 0 Å². The summed E-state index contributed by atoms with van der Waals surface area (Å²) in [5.74, 6) is 0.633. The zero-order valence-electron chi connectivity index (χ0n) is 8.80. The molecule has 1 nitrogen and oxygen atoms in total. The highest BCUT2D eigenvalue weighted by atomic mass is 14.8. The molecule has 1 rings (SSSR count). The fourth-order valence-corrected chi connectivity index (χ4v) is 1.29. The van der Waals surface area contributed by atoms with Crippen molar-refractivity contribution in [1.29, 1.82) is 0 Å². The van der Waals surface area contributed by atoms with Crippen LogP contribution in [0.3, 0.4) is 0 Å². The van der Waals surface area contributed by atoms with E-state index >= 15 is 0 Å². The zero-order valence-corrected chi connectivity index (χ0v) is 8.80. The minimum absolute atomic E-state index is 0. The summed E-state index contributed by atoms with van der Waals surface area (Å²) in [7, 11) is 0. The third-order valence-electron chi connectivity index (χ3n) is 2.23. The topological polar surface area (TPSA) is 12.0 Å². The summed E-state index contributed by atoms with van der Waals surface area (Å²) >= 11 is 0. The highest BCUT2D eigenvalue weighted by Gasteiger charge is 1.97. The van der Waals surface area contributed by atoms with E-state index in [1.165, 1.54) is 11.1 Å². The Kier molecular flexibility index (Phi) is 3.97. The number of nitrogens with one attached hydrogen (secondary N) is 1. The van der Waals surface area contributed by atoms with Crippen molar-refractivity contribution >= 4 is 0 Å². The van der Waals surface area contributed by atoms with Crippen LogP contribution in [-0.4, -0.2) is 6.54 Å². The minimum atomic E-state index is 0. The average Bonchev–Trinajstić information content (AvgIpc) is 2.15. The van der Waals surface area contributed by atoms with Crippen molar-refractivity contribution in [1.82, 2.24) is 5.32 Å². The van der Waals surface area contributed by atoms with Gasteiger partial charge in [0.25, 0.3) is 0 Å². The van der Waals surface area contributed by atoms with Crippen LogP contribution in [0.2, 0.25) is 0 Å². The quantitative estimate of drug-likeness (QED) is 0.748. The predicted molar refractivity (Wildman–Crippen MR) is 60.0 cm³/mol. The van der Waals surface area contributed by atoms with Gasteiger partial charge < -0.3 is 5.32 Å². The van der Waals surface area contributed by atoms with Crippen molar-refractivity contribution < 1.29 is 1.43 Å². The standard InChI is InChI=1S/C12H19N.H2/c1-4-13-9-11-5-7-12(8-6-11)10(2)3;/h5-8,10,13H,4,9H2,1-3H3;1H. The Morgan fingerprint density at radius 2 is 1.85 bits per heavy atom. The van der Waals surface area contributed by atoms with Crippen LogP contribution >= 0.6 is 0 Å². The van der Waals surface area contributed by atoms with Gasteiger partial charge in [0.2, 0.25) is 0 Å². The Balaban J connectivity index is 0.00000169. The van der Waals surface area contributed by atoms with Crippen molar-refractivity contribution in [2.45, 2.75) is 33.2 Å². The Morgan fingerprint density at radius 3 is 2.31 bits per heavy atom. The fraction of sp³-hybridized carbons (Fsp3) is 0.500. The molecule has 1 aromatic rings. The predicted octanol–water partition coefficient (Wildman–Crippen LogP) is 3.17. The van der Waals surface area contributed by atoms with Gasteiger partial charge in [0.1, 0.15) is 0 Å². The summed E-state index contributed by atoms with van der Waals surface area (Å²) in [4.78, 5) is 0. The van der Waals surface area contributed by atoms with Crippen LogP contribution in [0.1, 0.15) is 39.2 Å². The molecule has 1 heteroatoms. The summed E-state index contributed by atoms with van der Waals surface area (Å²) in [6, 6.07) is 8.85. The second-order valence-electron chi connectivity index (χ2n) is 3.68. The van der Waals surface area contributed by atoms with Gasteiger partial charge in [0.15, 0.2) is 0 Å². The number of benzene rings is 1. The Hall–Kier alpha value is -0.820. The van der Waals surface area contributed by atoms with Crippen LogP contribution in [0.4, 0.5) is 0 Å². The van der Waals surface area contributed by atoms with E-state index in [-0.39, 0.29) is 1.43 Å². The van der Waals surface area contributed by atoms with Gasteiger partial charge in [-0.05, 0) is 23.6 Å². The molecule has 0 aromatic heterocycles. The summed E-state index contributed by atoms with van der Waals surface area (Å²) in [5, 5.41) is 3.31. The van der Waals surface area contributed by atoms with E-state index in [1.54, 1.807) is 0 Å². The normalized spacial score (nSPS) is 10.8. The van der Waals surface area contributed by atoms with Crippen LogP contribution in [0.15, 0.2) is 24.3 Å². The maximum absolute atomic E-state index is 3.31. The van der Waals surface area contributed by atoms with Crippen molar-refractivity contribution in [2.24, 2.45) is 0 Å². The first-order valence-corrected chi connectivity index (χ1v) is 5.03. The van der Waals surface area contributed by atoms with Crippen LogP contribution in [0, 0.1) is 0 Å². The third-order valence-corrected chi connectivity index (χ3v) is 2.23. The molecule has 0 fully saturated rings. The molecule has 0 atom stereocenters. The second-order valence-corrected chi connectivity index (χ2v) is 3.68. The van der Waals surface area contributed by atoms with Gasteiger partial charge in [-0.3, -0.25) is 0 Å². The summed E-state index contributed by atoms with van der Waals surface area (Å²) in [6.07, 6.45) is 0. The summed E-state index contributed by atoms with van der Waals surface area (Å²) < 4.78 is 0. The second kappa shape index (κ2) is 5.03. The maximum atomic E-state index is 3.31. The SMILES string of the molecule is CCNCc1ccc(C(C)C)cc1.[HH]. The number of rotatable bonds is 4. The summed E-state index contributed by atoms with van der Waals surface area (Å²) in [5.41, 5.74) is 2.78. The van der Waals surface area contributed by atoms with Gasteiger partial charge in [-0.2, -0.15) is 0 Å². The molecule has 13 heavy (non-hydrogen) atoms. The lowest BCUT2D eigenvalue weighted by molar-refractivity contribution is 0.726. The van der Waals surface area contributed by atoms with E-state index < -0.39 is 0 Å². The van der Waals surface area contributed by atoms with Crippen LogP contribution in [0.5, 0.6) is 0 Å². The average molecular weight is 179 g/mol. The molecule has 0 bridgehead atoms. The molecular formula is C12H21N. The van der Waals surface area contributed by atoms with E-state index in [1.807, 2.05) is 0 Å². The van der Waals surface area contributed by atoms with Gasteiger partial charge in [0, 0.05) is 7.97 Å². The van der Waals surface area contributed by atoms with Gasteiger partial charge in [-0.1, -0.05) is 45.0 Å². The van der Waals surface area contributed by atoms with Crippen molar-refractivity contribution in [2.75, 3.05) is 6.54 Å². The first-order valence-electron chi connectivity index (χ1n) is 5.03. The highest BCUT2D eigenvalue weighted by molar-refractivity contribution is 5.24. The molecule has 0 heterocycles. The molecule has 0 saturated carbocycles. The van der Waals surface area contributed by atoms with Crippen LogP contribution in [0.25, 0.3) is 0 Å². The molecule has 0 saturated heterocycles. The van der Waals surface area contributed by atoms with Crippen LogP contribution < -0.4 is 5.32 Å². The molecule has 0 aliphatic heterocycles. The number of hydrogen-bond donors (Lipinski definition) is 1. The van der Waals surface area contributed by atoms with Gasteiger partial charge in [0.05, 0.1) is 0 Å². The molecule has 0 aliphatic rings. The first kappa shape index (κ1) is 10.3. The van der Waals surface area contributed by atoms with E-state index in [4.69, 9.17) is 0 Å². The van der Waals surface area contributed by atoms with Gasteiger partial charge >= 0.3 is 0 Å². The van der Waals surface area contributed by atoms with E-state index in [2.05, 4.69) is 50.4 Å². The van der Waals surface area contributed by atoms with Crippen molar-refractivity contribution in [3.63, 3.8) is 0 Å². The van der Waals surface area contributed by atoms with Gasteiger partial charge in [-0.25, -0.2) is 0 Å². The summed E-state index contributed by atoms with van der Waals surface area (Å²) in [6.45, 7) is 8.59. The highest BCUT2D eigenvalue weighted by Crippen LogP contribution is 2.14. The Labute approximate surface area is 82.7 Å². The molecule has 0 radical (unpaired) electrons.